The Hall–Kier alpha value is -1.96. The number of carbonyl (C=O) groups is 2. The predicted molar refractivity (Wildman–Crippen MR) is 61.8 cm³/mol. The zero-order chi connectivity index (χ0) is 11.3. The summed E-state index contributed by atoms with van der Waals surface area (Å²) in [5.74, 6) is -0.608. The van der Waals surface area contributed by atoms with E-state index in [1.54, 1.807) is 13.0 Å². The van der Waals surface area contributed by atoms with Crippen LogP contribution in [0.15, 0.2) is 36.4 Å². The van der Waals surface area contributed by atoms with Gasteiger partial charge in [0.2, 0.25) is 0 Å². The highest BCUT2D eigenvalue weighted by atomic mass is 16.2. The summed E-state index contributed by atoms with van der Waals surface area (Å²) in [5.41, 5.74) is 1.19. The predicted octanol–water partition coefficient (Wildman–Crippen LogP) is 2.85. The topological polar surface area (TPSA) is 34.1 Å². The zero-order valence-corrected chi connectivity index (χ0v) is 8.86. The third-order valence-electron chi connectivity index (χ3n) is 3.23. The molecular weight excluding hydrogens is 200 g/mol. The van der Waals surface area contributed by atoms with Crippen LogP contribution in [-0.4, -0.2) is 11.6 Å². The largest absolute Gasteiger partial charge is 0.293 e. The molecule has 0 heterocycles. The quantitative estimate of drug-likeness (QED) is 0.626. The Bertz CT molecular complexity index is 626. The minimum atomic E-state index is -0.513. The van der Waals surface area contributed by atoms with E-state index >= 15 is 0 Å². The normalized spacial score (nSPS) is 19.2. The standard InChI is InChI=1S/C14H10O2/c1-8-13(15)11-7-6-9-4-2-3-5-10(9)12(11)14(8)16/h2-8H,1H3/t8-/m0/s1. The van der Waals surface area contributed by atoms with Crippen LogP contribution >= 0.6 is 0 Å². The van der Waals surface area contributed by atoms with Crippen molar-refractivity contribution in [1.29, 1.82) is 0 Å². The Balaban J connectivity index is 2.46. The number of ketones is 2. The summed E-state index contributed by atoms with van der Waals surface area (Å²) < 4.78 is 0. The van der Waals surface area contributed by atoms with Gasteiger partial charge >= 0.3 is 0 Å². The molecule has 2 nitrogen and oxygen atoms in total. The first-order valence-electron chi connectivity index (χ1n) is 5.30. The van der Waals surface area contributed by atoms with E-state index in [1.807, 2.05) is 30.3 Å². The fourth-order valence-corrected chi connectivity index (χ4v) is 2.31. The molecular formula is C14H10O2. The summed E-state index contributed by atoms with van der Waals surface area (Å²) >= 11 is 0. The smallest absolute Gasteiger partial charge is 0.174 e. The van der Waals surface area contributed by atoms with Crippen LogP contribution in [0.4, 0.5) is 0 Å². The maximum Gasteiger partial charge on any atom is 0.174 e. The van der Waals surface area contributed by atoms with Gasteiger partial charge in [0.25, 0.3) is 0 Å². The first-order valence-corrected chi connectivity index (χ1v) is 5.30. The maximum absolute atomic E-state index is 12.0. The molecule has 0 N–H and O–H groups in total. The molecule has 0 spiro atoms. The van der Waals surface area contributed by atoms with E-state index in [2.05, 4.69) is 0 Å². The molecule has 0 aromatic heterocycles. The first kappa shape index (κ1) is 9.28. The zero-order valence-electron chi connectivity index (χ0n) is 8.86. The molecule has 0 unspecified atom stereocenters. The lowest BCUT2D eigenvalue weighted by Crippen LogP contribution is -2.09. The number of rotatable bonds is 0. The Labute approximate surface area is 92.9 Å². The third kappa shape index (κ3) is 1.01. The lowest BCUT2D eigenvalue weighted by molar-refractivity contribution is 0.0852. The van der Waals surface area contributed by atoms with Crippen molar-refractivity contribution in [2.45, 2.75) is 6.92 Å². The molecule has 3 rings (SSSR count). The van der Waals surface area contributed by atoms with Crippen molar-refractivity contribution >= 4 is 22.3 Å². The minimum absolute atomic E-state index is 0.0446. The van der Waals surface area contributed by atoms with Gasteiger partial charge < -0.3 is 0 Å². The van der Waals surface area contributed by atoms with Crippen molar-refractivity contribution in [2.24, 2.45) is 5.92 Å². The van der Waals surface area contributed by atoms with Crippen molar-refractivity contribution in [1.82, 2.24) is 0 Å². The molecule has 2 heteroatoms. The number of hydrogen-bond donors (Lipinski definition) is 0. The van der Waals surface area contributed by atoms with Gasteiger partial charge in [-0.25, -0.2) is 0 Å². The Kier molecular flexibility index (Phi) is 1.75. The van der Waals surface area contributed by atoms with Gasteiger partial charge in [0.15, 0.2) is 11.6 Å². The van der Waals surface area contributed by atoms with Gasteiger partial charge in [-0.05, 0) is 17.7 Å². The van der Waals surface area contributed by atoms with Crippen molar-refractivity contribution in [2.75, 3.05) is 0 Å². The van der Waals surface area contributed by atoms with Gasteiger partial charge in [0.05, 0.1) is 5.92 Å². The Morgan fingerprint density at radius 1 is 0.938 bits per heavy atom. The summed E-state index contributed by atoms with van der Waals surface area (Å²) in [6, 6.07) is 11.3. The second-order valence-corrected chi connectivity index (χ2v) is 4.16. The maximum atomic E-state index is 12.0. The van der Waals surface area contributed by atoms with E-state index in [0.717, 1.165) is 10.8 Å². The second-order valence-electron chi connectivity index (χ2n) is 4.16. The number of carbonyl (C=O) groups excluding carboxylic acids is 2. The van der Waals surface area contributed by atoms with Crippen molar-refractivity contribution in [3.8, 4) is 0 Å². The molecule has 1 atom stereocenters. The molecule has 1 aliphatic carbocycles. The summed E-state index contributed by atoms with van der Waals surface area (Å²) in [4.78, 5) is 23.8. The molecule has 0 fully saturated rings. The summed E-state index contributed by atoms with van der Waals surface area (Å²) in [6.07, 6.45) is 0. The first-order chi connectivity index (χ1) is 7.70. The SMILES string of the molecule is C[C@H]1C(=O)c2ccc3ccccc3c2C1=O. The lowest BCUT2D eigenvalue weighted by atomic mass is 10.0. The number of Topliss-reactive ketones (excluding diaryl/α,β-unsaturated/α-hetero) is 2. The van der Waals surface area contributed by atoms with Gasteiger partial charge in [-0.1, -0.05) is 36.4 Å². The van der Waals surface area contributed by atoms with Crippen LogP contribution in [0.25, 0.3) is 10.8 Å². The van der Waals surface area contributed by atoms with Crippen LogP contribution in [0.1, 0.15) is 27.6 Å². The van der Waals surface area contributed by atoms with E-state index in [1.165, 1.54) is 0 Å². The number of hydrogen-bond acceptors (Lipinski definition) is 2. The van der Waals surface area contributed by atoms with E-state index in [-0.39, 0.29) is 11.6 Å². The fourth-order valence-electron chi connectivity index (χ4n) is 2.31. The fraction of sp³-hybridized carbons (Fsp3) is 0.143. The van der Waals surface area contributed by atoms with Crippen molar-refractivity contribution in [3.63, 3.8) is 0 Å². The molecule has 1 aliphatic rings. The van der Waals surface area contributed by atoms with Gasteiger partial charge in [0.1, 0.15) is 0 Å². The average molecular weight is 210 g/mol. The molecule has 0 saturated heterocycles. The van der Waals surface area contributed by atoms with Gasteiger partial charge in [-0.2, -0.15) is 0 Å². The summed E-state index contributed by atoms with van der Waals surface area (Å²) in [7, 11) is 0. The molecule has 0 bridgehead atoms. The highest BCUT2D eigenvalue weighted by molar-refractivity contribution is 6.30. The van der Waals surface area contributed by atoms with Gasteiger partial charge in [-0.15, -0.1) is 0 Å². The Morgan fingerprint density at radius 2 is 1.69 bits per heavy atom. The number of fused-ring (bicyclic) bond motifs is 3. The number of benzene rings is 2. The molecule has 0 radical (unpaired) electrons. The van der Waals surface area contributed by atoms with Crippen molar-refractivity contribution in [3.05, 3.63) is 47.5 Å². The molecule has 0 saturated carbocycles. The highest BCUT2D eigenvalue weighted by Crippen LogP contribution is 2.32. The van der Waals surface area contributed by atoms with E-state index < -0.39 is 5.92 Å². The van der Waals surface area contributed by atoms with Crippen molar-refractivity contribution < 1.29 is 9.59 Å². The van der Waals surface area contributed by atoms with Crippen LogP contribution in [0, 0.1) is 5.92 Å². The summed E-state index contributed by atoms with van der Waals surface area (Å²) in [6.45, 7) is 1.68. The lowest BCUT2D eigenvalue weighted by Gasteiger charge is -2.02. The minimum Gasteiger partial charge on any atom is -0.293 e. The van der Waals surface area contributed by atoms with Gasteiger partial charge in [-0.3, -0.25) is 9.59 Å². The van der Waals surface area contributed by atoms with Crippen LogP contribution in [0.3, 0.4) is 0 Å². The van der Waals surface area contributed by atoms with Crippen LogP contribution in [0.5, 0.6) is 0 Å². The van der Waals surface area contributed by atoms with E-state index in [0.29, 0.717) is 11.1 Å². The monoisotopic (exact) mass is 210 g/mol. The summed E-state index contributed by atoms with van der Waals surface area (Å²) in [5, 5.41) is 1.90. The van der Waals surface area contributed by atoms with Crippen LogP contribution < -0.4 is 0 Å². The molecule has 0 amide bonds. The van der Waals surface area contributed by atoms with Crippen LogP contribution in [-0.2, 0) is 0 Å². The average Bonchev–Trinajstić information content (AvgIpc) is 2.55. The van der Waals surface area contributed by atoms with E-state index in [9.17, 15) is 9.59 Å². The third-order valence-corrected chi connectivity index (χ3v) is 3.23. The molecule has 16 heavy (non-hydrogen) atoms. The molecule has 2 aromatic rings. The molecule has 0 aliphatic heterocycles. The second kappa shape index (κ2) is 3.01. The molecule has 2 aromatic carbocycles. The molecule has 78 valence electrons. The van der Waals surface area contributed by atoms with Gasteiger partial charge in [0, 0.05) is 11.1 Å². The van der Waals surface area contributed by atoms with E-state index in [4.69, 9.17) is 0 Å². The Morgan fingerprint density at radius 3 is 2.50 bits per heavy atom. The van der Waals surface area contributed by atoms with Crippen LogP contribution in [0.2, 0.25) is 0 Å². The highest BCUT2D eigenvalue weighted by Gasteiger charge is 2.36.